The van der Waals surface area contributed by atoms with Gasteiger partial charge in [-0.2, -0.15) is 0 Å². The molecule has 0 bridgehead atoms. The van der Waals surface area contributed by atoms with E-state index in [-0.39, 0.29) is 11.8 Å². The standard InChI is InChI=1S/C11H15BrClN3O/c1-7(11(17)14-2)6-16(3)10-9(13)4-8(12)5-15-10/h4-5,7H,6H2,1-3H3,(H,14,17). The smallest absolute Gasteiger partial charge is 0.224 e. The number of halogens is 2. The number of aromatic nitrogens is 1. The molecule has 17 heavy (non-hydrogen) atoms. The van der Waals surface area contributed by atoms with Gasteiger partial charge in [0.05, 0.1) is 10.9 Å². The SMILES string of the molecule is CNC(=O)C(C)CN(C)c1ncc(Br)cc1Cl. The second-order valence-electron chi connectivity index (χ2n) is 3.85. The van der Waals surface area contributed by atoms with Crippen LogP contribution in [0.3, 0.4) is 0 Å². The lowest BCUT2D eigenvalue weighted by Crippen LogP contribution is -2.34. The van der Waals surface area contributed by atoms with E-state index in [0.29, 0.717) is 17.4 Å². The molecule has 94 valence electrons. The summed E-state index contributed by atoms with van der Waals surface area (Å²) in [5, 5.41) is 3.18. The molecule has 0 spiro atoms. The van der Waals surface area contributed by atoms with Crippen LogP contribution in [-0.4, -0.2) is 31.5 Å². The molecular weight excluding hydrogens is 305 g/mol. The molecule has 1 aromatic heterocycles. The fourth-order valence-corrected chi connectivity index (χ4v) is 2.29. The lowest BCUT2D eigenvalue weighted by Gasteiger charge is -2.22. The molecule has 4 nitrogen and oxygen atoms in total. The molecule has 1 amide bonds. The second-order valence-corrected chi connectivity index (χ2v) is 5.18. The van der Waals surface area contributed by atoms with Crippen LogP contribution in [0.5, 0.6) is 0 Å². The van der Waals surface area contributed by atoms with Crippen LogP contribution >= 0.6 is 27.5 Å². The first kappa shape index (κ1) is 14.3. The maximum atomic E-state index is 11.4. The molecule has 0 aliphatic heterocycles. The molecule has 1 aromatic rings. The van der Waals surface area contributed by atoms with Gasteiger partial charge in [0.1, 0.15) is 5.82 Å². The summed E-state index contributed by atoms with van der Waals surface area (Å²) < 4.78 is 0.832. The van der Waals surface area contributed by atoms with Crippen LogP contribution in [0, 0.1) is 5.92 Å². The molecule has 1 atom stereocenters. The number of carbonyl (C=O) groups excluding carboxylic acids is 1. The number of hydrogen-bond acceptors (Lipinski definition) is 3. The molecule has 0 fully saturated rings. The predicted octanol–water partition coefficient (Wildman–Crippen LogP) is 2.32. The van der Waals surface area contributed by atoms with E-state index in [9.17, 15) is 4.79 Å². The lowest BCUT2D eigenvalue weighted by atomic mass is 10.1. The third-order valence-electron chi connectivity index (χ3n) is 2.39. The van der Waals surface area contributed by atoms with Crippen molar-refractivity contribution in [1.29, 1.82) is 0 Å². The van der Waals surface area contributed by atoms with E-state index in [2.05, 4.69) is 26.2 Å². The number of hydrogen-bond donors (Lipinski definition) is 1. The van der Waals surface area contributed by atoms with E-state index < -0.39 is 0 Å². The molecule has 0 aliphatic carbocycles. The second kappa shape index (κ2) is 6.21. The summed E-state index contributed by atoms with van der Waals surface area (Å²) in [6.45, 7) is 2.43. The Bertz CT molecular complexity index is 414. The first-order valence-electron chi connectivity index (χ1n) is 5.19. The molecule has 1 N–H and O–H groups in total. The van der Waals surface area contributed by atoms with E-state index in [0.717, 1.165) is 4.47 Å². The topological polar surface area (TPSA) is 45.2 Å². The van der Waals surface area contributed by atoms with E-state index in [4.69, 9.17) is 11.6 Å². The van der Waals surface area contributed by atoms with Gasteiger partial charge in [0.15, 0.2) is 0 Å². The summed E-state index contributed by atoms with van der Waals surface area (Å²) in [7, 11) is 3.49. The Labute approximate surface area is 114 Å². The van der Waals surface area contributed by atoms with Gasteiger partial charge in [-0.15, -0.1) is 0 Å². The molecule has 0 aliphatic rings. The Morgan fingerprint density at radius 3 is 2.88 bits per heavy atom. The fraction of sp³-hybridized carbons (Fsp3) is 0.455. The molecular formula is C11H15BrClN3O. The third kappa shape index (κ3) is 3.85. The number of amides is 1. The number of anilines is 1. The van der Waals surface area contributed by atoms with Crippen molar-refractivity contribution < 1.29 is 4.79 Å². The normalized spacial score (nSPS) is 12.1. The Balaban J connectivity index is 2.76. The molecule has 1 heterocycles. The van der Waals surface area contributed by atoms with Crippen molar-refractivity contribution in [3.8, 4) is 0 Å². The number of rotatable bonds is 4. The lowest BCUT2D eigenvalue weighted by molar-refractivity contribution is -0.123. The number of nitrogens with zero attached hydrogens (tertiary/aromatic N) is 2. The highest BCUT2D eigenvalue weighted by atomic mass is 79.9. The van der Waals surface area contributed by atoms with Gasteiger partial charge in [0.25, 0.3) is 0 Å². The minimum atomic E-state index is -0.119. The minimum Gasteiger partial charge on any atom is -0.359 e. The highest BCUT2D eigenvalue weighted by molar-refractivity contribution is 9.10. The Kier molecular flexibility index (Phi) is 5.21. The van der Waals surface area contributed by atoms with Crippen molar-refractivity contribution in [2.45, 2.75) is 6.92 Å². The van der Waals surface area contributed by atoms with E-state index >= 15 is 0 Å². The maximum Gasteiger partial charge on any atom is 0.224 e. The summed E-state index contributed by atoms with van der Waals surface area (Å²) >= 11 is 9.39. The average molecular weight is 321 g/mol. The monoisotopic (exact) mass is 319 g/mol. The van der Waals surface area contributed by atoms with E-state index in [1.807, 2.05) is 18.9 Å². The first-order valence-corrected chi connectivity index (χ1v) is 6.36. The highest BCUT2D eigenvalue weighted by Gasteiger charge is 2.16. The number of pyridine rings is 1. The van der Waals surface area contributed by atoms with Gasteiger partial charge in [-0.3, -0.25) is 4.79 Å². The Hall–Kier alpha value is -0.810. The Morgan fingerprint density at radius 1 is 1.71 bits per heavy atom. The van der Waals surface area contributed by atoms with Crippen LogP contribution in [0.2, 0.25) is 5.02 Å². The van der Waals surface area contributed by atoms with Crippen molar-refractivity contribution in [1.82, 2.24) is 10.3 Å². The van der Waals surface area contributed by atoms with Crippen LogP contribution < -0.4 is 10.2 Å². The third-order valence-corrected chi connectivity index (χ3v) is 3.10. The summed E-state index contributed by atoms with van der Waals surface area (Å²) in [6.07, 6.45) is 1.68. The number of nitrogens with one attached hydrogen (secondary N) is 1. The molecule has 0 radical (unpaired) electrons. The summed E-state index contributed by atoms with van der Waals surface area (Å²) in [5.74, 6) is 0.558. The molecule has 0 saturated heterocycles. The van der Waals surface area contributed by atoms with Crippen molar-refractivity contribution in [2.24, 2.45) is 5.92 Å². The Morgan fingerprint density at radius 2 is 2.35 bits per heavy atom. The van der Waals surface area contributed by atoms with Gasteiger partial charge >= 0.3 is 0 Å². The molecule has 1 unspecified atom stereocenters. The van der Waals surface area contributed by atoms with Gasteiger partial charge in [0.2, 0.25) is 5.91 Å². The van der Waals surface area contributed by atoms with Crippen molar-refractivity contribution in [3.05, 3.63) is 21.8 Å². The zero-order chi connectivity index (χ0) is 13.0. The summed E-state index contributed by atoms with van der Waals surface area (Å²) in [4.78, 5) is 17.5. The molecule has 1 rings (SSSR count). The van der Waals surface area contributed by atoms with Crippen molar-refractivity contribution >= 4 is 39.3 Å². The fourth-order valence-electron chi connectivity index (χ4n) is 1.51. The van der Waals surface area contributed by atoms with E-state index in [1.165, 1.54) is 0 Å². The van der Waals surface area contributed by atoms with E-state index in [1.54, 1.807) is 19.3 Å². The van der Waals surface area contributed by atoms with Gasteiger partial charge in [0, 0.05) is 31.3 Å². The van der Waals surface area contributed by atoms with Crippen LogP contribution in [0.15, 0.2) is 16.7 Å². The van der Waals surface area contributed by atoms with Crippen LogP contribution in [-0.2, 0) is 4.79 Å². The maximum absolute atomic E-state index is 11.4. The van der Waals surface area contributed by atoms with Gasteiger partial charge in [-0.25, -0.2) is 4.98 Å². The highest BCUT2D eigenvalue weighted by Crippen LogP contribution is 2.25. The van der Waals surface area contributed by atoms with Crippen molar-refractivity contribution in [2.75, 3.05) is 25.5 Å². The van der Waals surface area contributed by atoms with Gasteiger partial charge in [-0.05, 0) is 22.0 Å². The molecule has 0 aromatic carbocycles. The first-order chi connectivity index (χ1) is 7.95. The quantitative estimate of drug-likeness (QED) is 0.926. The van der Waals surface area contributed by atoms with Gasteiger partial charge < -0.3 is 10.2 Å². The van der Waals surface area contributed by atoms with Crippen LogP contribution in [0.25, 0.3) is 0 Å². The zero-order valence-electron chi connectivity index (χ0n) is 10.00. The predicted molar refractivity (Wildman–Crippen MR) is 73.4 cm³/mol. The molecule has 6 heteroatoms. The van der Waals surface area contributed by atoms with Crippen molar-refractivity contribution in [3.63, 3.8) is 0 Å². The van der Waals surface area contributed by atoms with Crippen LogP contribution in [0.1, 0.15) is 6.92 Å². The summed E-state index contributed by atoms with van der Waals surface area (Å²) in [6, 6.07) is 1.78. The zero-order valence-corrected chi connectivity index (χ0v) is 12.3. The largest absolute Gasteiger partial charge is 0.359 e. The number of carbonyl (C=O) groups is 1. The van der Waals surface area contributed by atoms with Crippen LogP contribution in [0.4, 0.5) is 5.82 Å². The summed E-state index contributed by atoms with van der Waals surface area (Å²) in [5.41, 5.74) is 0. The van der Waals surface area contributed by atoms with Gasteiger partial charge in [-0.1, -0.05) is 18.5 Å². The average Bonchev–Trinajstić information content (AvgIpc) is 2.27. The minimum absolute atomic E-state index is 0.00471. The molecule has 0 saturated carbocycles.